The summed E-state index contributed by atoms with van der Waals surface area (Å²) in [5.41, 5.74) is -2.66. The number of anilines is 1. The van der Waals surface area contributed by atoms with E-state index in [4.69, 9.17) is 9.47 Å². The Balaban J connectivity index is 2.32. The van der Waals surface area contributed by atoms with Crippen LogP contribution in [0.1, 0.15) is 78.6 Å². The molecule has 1 aromatic carbocycles. The molecule has 0 radical (unpaired) electrons. The van der Waals surface area contributed by atoms with Gasteiger partial charge in [0.1, 0.15) is 17.4 Å². The van der Waals surface area contributed by atoms with Crippen molar-refractivity contribution in [2.75, 3.05) is 24.5 Å². The Kier molecular flexibility index (Phi) is 9.25. The van der Waals surface area contributed by atoms with E-state index in [1.165, 1.54) is 0 Å². The van der Waals surface area contributed by atoms with E-state index in [-0.39, 0.29) is 30.3 Å². The highest BCUT2D eigenvalue weighted by atomic mass is 19.4. The molecule has 0 spiro atoms. The topological polar surface area (TPSA) is 76.2 Å². The SMILES string of the molecule is CC(=O)N(CC(F)c1ccc(C(F)(F)F)cc1N1CCC(C(=O)OC(C)(C)C)CC1)C(=O)OC(C)(C)C. The monoisotopic (exact) mass is 532 g/mol. The van der Waals surface area contributed by atoms with E-state index in [9.17, 15) is 27.6 Å². The zero-order valence-electron chi connectivity index (χ0n) is 22.4. The van der Waals surface area contributed by atoms with Gasteiger partial charge in [0.05, 0.1) is 18.0 Å². The van der Waals surface area contributed by atoms with Crippen molar-refractivity contribution in [1.82, 2.24) is 4.90 Å². The van der Waals surface area contributed by atoms with Gasteiger partial charge >= 0.3 is 18.2 Å². The van der Waals surface area contributed by atoms with Crippen LogP contribution in [0.25, 0.3) is 0 Å². The first-order chi connectivity index (χ1) is 16.8. The van der Waals surface area contributed by atoms with Gasteiger partial charge in [0.2, 0.25) is 5.91 Å². The number of rotatable bonds is 5. The molecule has 0 bridgehead atoms. The van der Waals surface area contributed by atoms with Gasteiger partial charge in [-0.15, -0.1) is 0 Å². The van der Waals surface area contributed by atoms with E-state index in [1.54, 1.807) is 46.4 Å². The minimum Gasteiger partial charge on any atom is -0.460 e. The normalized spacial score (nSPS) is 16.2. The molecule has 0 aliphatic carbocycles. The smallest absolute Gasteiger partial charge is 0.417 e. The third kappa shape index (κ3) is 8.89. The van der Waals surface area contributed by atoms with Crippen molar-refractivity contribution >= 4 is 23.7 Å². The van der Waals surface area contributed by atoms with Gasteiger partial charge in [0.25, 0.3) is 0 Å². The third-order valence-electron chi connectivity index (χ3n) is 5.61. The summed E-state index contributed by atoms with van der Waals surface area (Å²) in [6.07, 6.45) is -7.04. The summed E-state index contributed by atoms with van der Waals surface area (Å²) in [4.78, 5) is 39.1. The van der Waals surface area contributed by atoms with E-state index >= 15 is 4.39 Å². The second-order valence-corrected chi connectivity index (χ2v) is 11.1. The standard InChI is InChI=1S/C26H36F4N2O5/c1-16(33)32(23(35)37-25(5,6)7)15-20(27)19-9-8-18(26(28,29)30)14-21(19)31-12-10-17(11-13-31)22(34)36-24(2,3)4/h8-9,14,17,20H,10-13,15H2,1-7H3. The Morgan fingerprint density at radius 3 is 2.00 bits per heavy atom. The zero-order valence-corrected chi connectivity index (χ0v) is 22.4. The molecule has 1 atom stereocenters. The Morgan fingerprint density at radius 2 is 1.54 bits per heavy atom. The lowest BCUT2D eigenvalue weighted by atomic mass is 9.94. The lowest BCUT2D eigenvalue weighted by Gasteiger charge is -2.36. The van der Waals surface area contributed by atoms with Crippen LogP contribution in [0.4, 0.5) is 28.0 Å². The molecule has 1 aliphatic heterocycles. The molecular formula is C26H36F4N2O5. The van der Waals surface area contributed by atoms with Crippen molar-refractivity contribution in [2.45, 2.75) is 84.9 Å². The fraction of sp³-hybridized carbons (Fsp3) is 0.654. The van der Waals surface area contributed by atoms with Gasteiger partial charge in [-0.3, -0.25) is 9.59 Å². The van der Waals surface area contributed by atoms with Crippen molar-refractivity contribution in [2.24, 2.45) is 5.92 Å². The van der Waals surface area contributed by atoms with Gasteiger partial charge in [0.15, 0.2) is 0 Å². The first-order valence-electron chi connectivity index (χ1n) is 12.1. The van der Waals surface area contributed by atoms with Crippen LogP contribution in [-0.2, 0) is 25.2 Å². The van der Waals surface area contributed by atoms with Gasteiger partial charge in [-0.1, -0.05) is 6.07 Å². The van der Waals surface area contributed by atoms with Crippen LogP contribution in [-0.4, -0.2) is 53.7 Å². The number of nitrogens with zero attached hydrogens (tertiary/aromatic N) is 2. The van der Waals surface area contributed by atoms with Crippen LogP contribution < -0.4 is 4.90 Å². The maximum Gasteiger partial charge on any atom is 0.417 e. The number of alkyl halides is 4. The lowest BCUT2D eigenvalue weighted by molar-refractivity contribution is -0.160. The molecule has 11 heteroatoms. The fourth-order valence-electron chi connectivity index (χ4n) is 3.91. The Labute approximate surface area is 215 Å². The van der Waals surface area contributed by atoms with Crippen molar-refractivity contribution in [3.63, 3.8) is 0 Å². The van der Waals surface area contributed by atoms with E-state index in [0.29, 0.717) is 17.7 Å². The minimum absolute atomic E-state index is 0.00217. The van der Waals surface area contributed by atoms with Gasteiger partial charge < -0.3 is 14.4 Å². The molecule has 0 N–H and O–H groups in total. The molecule has 208 valence electrons. The summed E-state index contributed by atoms with van der Waals surface area (Å²) in [7, 11) is 0. The predicted octanol–water partition coefficient (Wildman–Crippen LogP) is 6.06. The van der Waals surface area contributed by atoms with Gasteiger partial charge in [-0.05, 0) is 66.5 Å². The van der Waals surface area contributed by atoms with Crippen molar-refractivity contribution in [3.05, 3.63) is 29.3 Å². The van der Waals surface area contributed by atoms with Crippen LogP contribution in [0.3, 0.4) is 0 Å². The average molecular weight is 533 g/mol. The summed E-state index contributed by atoms with van der Waals surface area (Å²) in [6.45, 7) is 10.8. The van der Waals surface area contributed by atoms with Crippen LogP contribution in [0.15, 0.2) is 18.2 Å². The largest absolute Gasteiger partial charge is 0.460 e. The fourth-order valence-corrected chi connectivity index (χ4v) is 3.91. The minimum atomic E-state index is -4.66. The van der Waals surface area contributed by atoms with Gasteiger partial charge in [-0.25, -0.2) is 14.1 Å². The van der Waals surface area contributed by atoms with E-state index in [2.05, 4.69) is 0 Å². The predicted molar refractivity (Wildman–Crippen MR) is 130 cm³/mol. The van der Waals surface area contributed by atoms with Crippen LogP contribution >= 0.6 is 0 Å². The average Bonchev–Trinajstić information content (AvgIpc) is 2.73. The number of hydrogen-bond acceptors (Lipinski definition) is 6. The molecule has 1 heterocycles. The number of amides is 2. The molecule has 1 unspecified atom stereocenters. The lowest BCUT2D eigenvalue weighted by Crippen LogP contribution is -2.42. The number of carbonyl (C=O) groups excluding carboxylic acids is 3. The maximum absolute atomic E-state index is 15.6. The Morgan fingerprint density at radius 1 is 1.00 bits per heavy atom. The number of esters is 1. The van der Waals surface area contributed by atoms with Crippen LogP contribution in [0.2, 0.25) is 0 Å². The molecule has 7 nitrogen and oxygen atoms in total. The van der Waals surface area contributed by atoms with E-state index in [1.807, 2.05) is 0 Å². The van der Waals surface area contributed by atoms with Crippen molar-refractivity contribution in [3.8, 4) is 0 Å². The van der Waals surface area contributed by atoms with Crippen LogP contribution in [0.5, 0.6) is 0 Å². The third-order valence-corrected chi connectivity index (χ3v) is 5.61. The van der Waals surface area contributed by atoms with Crippen molar-refractivity contribution < 1.29 is 41.4 Å². The number of ether oxygens (including phenoxy) is 2. The molecule has 1 aliphatic rings. The summed E-state index contributed by atoms with van der Waals surface area (Å²) < 4.78 is 66.6. The molecular weight excluding hydrogens is 496 g/mol. The molecule has 1 saturated heterocycles. The summed E-state index contributed by atoms with van der Waals surface area (Å²) in [5, 5.41) is 0. The van der Waals surface area contributed by atoms with Gasteiger partial charge in [-0.2, -0.15) is 13.2 Å². The molecule has 2 amide bonds. The van der Waals surface area contributed by atoms with Crippen molar-refractivity contribution in [1.29, 1.82) is 0 Å². The molecule has 1 fully saturated rings. The number of hydrogen-bond donors (Lipinski definition) is 0. The Bertz CT molecular complexity index is 990. The number of piperidine rings is 1. The van der Waals surface area contributed by atoms with Crippen LogP contribution in [0, 0.1) is 5.92 Å². The number of benzene rings is 1. The molecule has 2 rings (SSSR count). The summed E-state index contributed by atoms with van der Waals surface area (Å²) >= 11 is 0. The molecule has 37 heavy (non-hydrogen) atoms. The first kappa shape index (κ1) is 30.4. The van der Waals surface area contributed by atoms with E-state index < -0.39 is 53.6 Å². The first-order valence-corrected chi connectivity index (χ1v) is 12.1. The molecule has 0 saturated carbocycles. The quantitative estimate of drug-likeness (QED) is 0.339. The van der Waals surface area contributed by atoms with E-state index in [0.717, 1.165) is 25.1 Å². The number of carbonyl (C=O) groups is 3. The highest BCUT2D eigenvalue weighted by molar-refractivity contribution is 5.90. The second-order valence-electron chi connectivity index (χ2n) is 11.1. The Hall–Kier alpha value is -2.85. The summed E-state index contributed by atoms with van der Waals surface area (Å²) in [5.74, 6) is -1.57. The summed E-state index contributed by atoms with van der Waals surface area (Å²) in [6, 6.07) is 2.65. The number of halogens is 4. The number of imide groups is 1. The zero-order chi connectivity index (χ0) is 28.3. The molecule has 0 aromatic heterocycles. The second kappa shape index (κ2) is 11.3. The maximum atomic E-state index is 15.6. The molecule has 1 aromatic rings. The highest BCUT2D eigenvalue weighted by Gasteiger charge is 2.36. The highest BCUT2D eigenvalue weighted by Crippen LogP contribution is 2.38. The van der Waals surface area contributed by atoms with Gasteiger partial charge in [0, 0.05) is 31.3 Å².